The predicted octanol–water partition coefficient (Wildman–Crippen LogP) is 2.68. The molecule has 0 aliphatic carbocycles. The Balaban J connectivity index is 1.95. The lowest BCUT2D eigenvalue weighted by atomic mass is 10.1. The van der Waals surface area contributed by atoms with Gasteiger partial charge in [-0.05, 0) is 50.3 Å². The molecular formula is C18H22N2O4. The second-order valence-corrected chi connectivity index (χ2v) is 6.16. The Morgan fingerprint density at radius 3 is 2.96 bits per heavy atom. The molecule has 0 saturated carbocycles. The van der Waals surface area contributed by atoms with Crippen LogP contribution < -0.4 is 15.2 Å². The number of carbonyl (C=O) groups excluding carboxylic acids is 1. The molecule has 6 heteroatoms. The topological polar surface area (TPSA) is 83.7 Å². The molecule has 1 atom stereocenters. The number of ether oxygens (including phenoxy) is 3. The van der Waals surface area contributed by atoms with Crippen LogP contribution in [0.4, 0.5) is 0 Å². The summed E-state index contributed by atoms with van der Waals surface area (Å²) >= 11 is 0. The Bertz CT molecular complexity index is 739. The lowest BCUT2D eigenvalue weighted by Crippen LogP contribution is -2.17. The van der Waals surface area contributed by atoms with E-state index >= 15 is 0 Å². The molecule has 2 heterocycles. The summed E-state index contributed by atoms with van der Waals surface area (Å²) in [6.45, 7) is 5.04. The molecule has 2 aromatic rings. The zero-order valence-corrected chi connectivity index (χ0v) is 14.0. The molecule has 0 radical (unpaired) electrons. The smallest absolute Gasteiger partial charge is 0.252 e. The summed E-state index contributed by atoms with van der Waals surface area (Å²) in [5, 5.41) is 1.62. The first-order valence-corrected chi connectivity index (χ1v) is 8.18. The molecule has 1 unspecified atom stereocenters. The van der Waals surface area contributed by atoms with Gasteiger partial charge in [0.1, 0.15) is 12.4 Å². The highest BCUT2D eigenvalue weighted by atomic mass is 16.5. The van der Waals surface area contributed by atoms with Crippen LogP contribution in [0.1, 0.15) is 37.0 Å². The van der Waals surface area contributed by atoms with E-state index in [0.717, 1.165) is 30.2 Å². The number of pyridine rings is 1. The highest BCUT2D eigenvalue weighted by Crippen LogP contribution is 2.31. The van der Waals surface area contributed by atoms with E-state index in [1.165, 1.54) is 0 Å². The molecule has 24 heavy (non-hydrogen) atoms. The van der Waals surface area contributed by atoms with Crippen LogP contribution in [0.2, 0.25) is 0 Å². The first-order chi connectivity index (χ1) is 11.5. The Morgan fingerprint density at radius 2 is 2.29 bits per heavy atom. The van der Waals surface area contributed by atoms with Crippen LogP contribution in [0.3, 0.4) is 0 Å². The van der Waals surface area contributed by atoms with Crippen molar-refractivity contribution in [2.75, 3.05) is 13.2 Å². The molecule has 0 bridgehead atoms. The van der Waals surface area contributed by atoms with E-state index in [4.69, 9.17) is 19.9 Å². The van der Waals surface area contributed by atoms with Crippen molar-refractivity contribution in [3.05, 3.63) is 30.0 Å². The maximum atomic E-state index is 11.7. The quantitative estimate of drug-likeness (QED) is 0.880. The van der Waals surface area contributed by atoms with E-state index in [1.54, 1.807) is 18.3 Å². The normalized spacial score (nSPS) is 17.4. The van der Waals surface area contributed by atoms with E-state index in [9.17, 15) is 4.79 Å². The summed E-state index contributed by atoms with van der Waals surface area (Å²) in [4.78, 5) is 16.0. The number of hydrogen-bond donors (Lipinski definition) is 1. The maximum absolute atomic E-state index is 11.7. The molecule has 1 aromatic carbocycles. The van der Waals surface area contributed by atoms with E-state index < -0.39 is 5.91 Å². The van der Waals surface area contributed by atoms with Gasteiger partial charge in [0.15, 0.2) is 0 Å². The van der Waals surface area contributed by atoms with Gasteiger partial charge in [0.2, 0.25) is 5.88 Å². The fourth-order valence-electron chi connectivity index (χ4n) is 2.78. The largest absolute Gasteiger partial charge is 0.490 e. The molecule has 1 aromatic heterocycles. The third kappa shape index (κ3) is 3.59. The Morgan fingerprint density at radius 1 is 1.46 bits per heavy atom. The van der Waals surface area contributed by atoms with Crippen LogP contribution in [0.5, 0.6) is 11.6 Å². The van der Waals surface area contributed by atoms with Crippen molar-refractivity contribution in [3.8, 4) is 11.6 Å². The van der Waals surface area contributed by atoms with Gasteiger partial charge in [-0.15, -0.1) is 0 Å². The van der Waals surface area contributed by atoms with Crippen molar-refractivity contribution in [2.24, 2.45) is 5.73 Å². The molecule has 1 aliphatic heterocycles. The SMILES string of the molecule is CC(C)Oc1cc2c(OCC3CCCO3)nccc2cc1C(N)=O. The van der Waals surface area contributed by atoms with Crippen LogP contribution in [-0.4, -0.2) is 36.3 Å². The van der Waals surface area contributed by atoms with Crippen molar-refractivity contribution in [3.63, 3.8) is 0 Å². The first-order valence-electron chi connectivity index (χ1n) is 8.18. The molecule has 1 fully saturated rings. The number of carbonyl (C=O) groups is 1. The number of rotatable bonds is 6. The average molecular weight is 330 g/mol. The minimum absolute atomic E-state index is 0.0755. The molecular weight excluding hydrogens is 308 g/mol. The third-order valence-electron chi connectivity index (χ3n) is 3.89. The Labute approximate surface area is 140 Å². The second-order valence-electron chi connectivity index (χ2n) is 6.16. The van der Waals surface area contributed by atoms with Gasteiger partial charge in [-0.25, -0.2) is 4.98 Å². The number of amides is 1. The molecule has 1 amide bonds. The predicted molar refractivity (Wildman–Crippen MR) is 90.5 cm³/mol. The lowest BCUT2D eigenvalue weighted by molar-refractivity contribution is 0.0669. The second kappa shape index (κ2) is 7.05. The van der Waals surface area contributed by atoms with Crippen LogP contribution in [0, 0.1) is 0 Å². The third-order valence-corrected chi connectivity index (χ3v) is 3.89. The molecule has 1 aliphatic rings. The van der Waals surface area contributed by atoms with Gasteiger partial charge in [-0.3, -0.25) is 4.79 Å². The lowest BCUT2D eigenvalue weighted by Gasteiger charge is -2.16. The molecule has 3 rings (SSSR count). The number of fused-ring (bicyclic) bond motifs is 1. The number of aromatic nitrogens is 1. The fourth-order valence-corrected chi connectivity index (χ4v) is 2.78. The van der Waals surface area contributed by atoms with Crippen molar-refractivity contribution in [1.29, 1.82) is 0 Å². The molecule has 0 spiro atoms. The number of benzene rings is 1. The zero-order chi connectivity index (χ0) is 17.1. The number of primary amides is 1. The van der Waals surface area contributed by atoms with Gasteiger partial charge in [-0.1, -0.05) is 0 Å². The van der Waals surface area contributed by atoms with Gasteiger partial charge in [0.05, 0.1) is 17.8 Å². The van der Waals surface area contributed by atoms with Crippen LogP contribution >= 0.6 is 0 Å². The summed E-state index contributed by atoms with van der Waals surface area (Å²) in [5.74, 6) is 0.429. The monoisotopic (exact) mass is 330 g/mol. The highest BCUT2D eigenvalue weighted by molar-refractivity contribution is 6.01. The van der Waals surface area contributed by atoms with Crippen LogP contribution in [0.25, 0.3) is 10.8 Å². The van der Waals surface area contributed by atoms with Gasteiger partial charge in [0.25, 0.3) is 5.91 Å². The van der Waals surface area contributed by atoms with Gasteiger partial charge >= 0.3 is 0 Å². The summed E-state index contributed by atoms with van der Waals surface area (Å²) in [6, 6.07) is 5.31. The number of nitrogens with zero attached hydrogens (tertiary/aromatic N) is 1. The van der Waals surface area contributed by atoms with Crippen LogP contribution in [-0.2, 0) is 4.74 Å². The highest BCUT2D eigenvalue weighted by Gasteiger charge is 2.18. The molecule has 128 valence electrons. The van der Waals surface area contributed by atoms with Gasteiger partial charge in [-0.2, -0.15) is 0 Å². The van der Waals surface area contributed by atoms with E-state index in [0.29, 0.717) is 23.8 Å². The number of nitrogens with two attached hydrogens (primary N) is 1. The van der Waals surface area contributed by atoms with Crippen LogP contribution in [0.15, 0.2) is 24.4 Å². The summed E-state index contributed by atoms with van der Waals surface area (Å²) < 4.78 is 17.2. The van der Waals surface area contributed by atoms with Crippen molar-refractivity contribution in [2.45, 2.75) is 38.9 Å². The minimum atomic E-state index is -0.522. The maximum Gasteiger partial charge on any atom is 0.252 e. The summed E-state index contributed by atoms with van der Waals surface area (Å²) in [7, 11) is 0. The van der Waals surface area contributed by atoms with E-state index in [-0.39, 0.29) is 12.2 Å². The van der Waals surface area contributed by atoms with Crippen molar-refractivity contribution < 1.29 is 19.0 Å². The van der Waals surface area contributed by atoms with E-state index in [1.807, 2.05) is 19.9 Å². The van der Waals surface area contributed by atoms with E-state index in [2.05, 4.69) is 4.98 Å². The zero-order valence-electron chi connectivity index (χ0n) is 14.0. The average Bonchev–Trinajstić information content (AvgIpc) is 3.05. The summed E-state index contributed by atoms with van der Waals surface area (Å²) in [6.07, 6.45) is 3.75. The Kier molecular flexibility index (Phi) is 4.85. The number of hydrogen-bond acceptors (Lipinski definition) is 5. The van der Waals surface area contributed by atoms with Gasteiger partial charge < -0.3 is 19.9 Å². The van der Waals surface area contributed by atoms with Gasteiger partial charge in [0, 0.05) is 18.2 Å². The molecule has 1 saturated heterocycles. The fraction of sp³-hybridized carbons (Fsp3) is 0.444. The van der Waals surface area contributed by atoms with Crippen molar-refractivity contribution >= 4 is 16.7 Å². The van der Waals surface area contributed by atoms with Crippen molar-refractivity contribution in [1.82, 2.24) is 4.98 Å². The molecule has 2 N–H and O–H groups in total. The standard InChI is InChI=1S/C18H22N2O4/c1-11(2)24-16-9-14-12(8-15(16)17(19)21)5-6-20-18(14)23-10-13-4-3-7-22-13/h5-6,8-9,11,13H,3-4,7,10H2,1-2H3,(H2,19,21). The summed E-state index contributed by atoms with van der Waals surface area (Å²) in [5.41, 5.74) is 5.83. The minimum Gasteiger partial charge on any atom is -0.490 e. The molecule has 6 nitrogen and oxygen atoms in total. The Hall–Kier alpha value is -2.34. The first kappa shape index (κ1) is 16.5.